The molecule has 4 rings (SSSR count). The third-order valence-corrected chi connectivity index (χ3v) is 6.23. The molecule has 2 aromatic rings. The highest BCUT2D eigenvalue weighted by Gasteiger charge is 2.39. The first-order valence-corrected chi connectivity index (χ1v) is 10.5. The molecule has 7 nitrogen and oxygen atoms in total. The Hall–Kier alpha value is -3.48. The first kappa shape index (κ1) is 21.7. The predicted octanol–water partition coefficient (Wildman–Crippen LogP) is 3.73. The van der Waals surface area contributed by atoms with Crippen LogP contribution in [-0.2, 0) is 9.59 Å². The van der Waals surface area contributed by atoms with Crippen molar-refractivity contribution >= 4 is 11.7 Å². The van der Waals surface area contributed by atoms with E-state index in [2.05, 4.69) is 5.32 Å². The molecule has 0 saturated heterocycles. The Morgan fingerprint density at radius 3 is 2.22 bits per heavy atom. The van der Waals surface area contributed by atoms with Gasteiger partial charge in [0.05, 0.1) is 28.4 Å². The lowest BCUT2D eigenvalue weighted by Crippen LogP contribution is -2.38. The van der Waals surface area contributed by atoms with E-state index in [0.29, 0.717) is 47.1 Å². The molecule has 1 aliphatic heterocycles. The quantitative estimate of drug-likeness (QED) is 0.742. The van der Waals surface area contributed by atoms with Crippen LogP contribution in [-0.4, -0.2) is 40.1 Å². The second-order valence-electron chi connectivity index (χ2n) is 7.95. The van der Waals surface area contributed by atoms with Crippen molar-refractivity contribution in [3.63, 3.8) is 0 Å². The van der Waals surface area contributed by atoms with Gasteiger partial charge in [-0.3, -0.25) is 9.59 Å². The first-order valence-electron chi connectivity index (χ1n) is 10.5. The number of methoxy groups -OCH3 is 4. The van der Waals surface area contributed by atoms with Gasteiger partial charge in [-0.25, -0.2) is 0 Å². The van der Waals surface area contributed by atoms with E-state index in [-0.39, 0.29) is 29.9 Å². The van der Waals surface area contributed by atoms with E-state index in [1.54, 1.807) is 34.5 Å². The maximum Gasteiger partial charge on any atom is 0.225 e. The molecular weight excluding hydrogens is 410 g/mol. The summed E-state index contributed by atoms with van der Waals surface area (Å²) in [6.07, 6.45) is 1.13. The van der Waals surface area contributed by atoms with Crippen molar-refractivity contribution in [2.75, 3.05) is 28.4 Å². The van der Waals surface area contributed by atoms with E-state index >= 15 is 0 Å². The summed E-state index contributed by atoms with van der Waals surface area (Å²) < 4.78 is 21.6. The maximum atomic E-state index is 13.4. The van der Waals surface area contributed by atoms with Crippen molar-refractivity contribution in [3.05, 3.63) is 58.8 Å². The van der Waals surface area contributed by atoms with E-state index < -0.39 is 0 Å². The summed E-state index contributed by atoms with van der Waals surface area (Å²) in [4.78, 5) is 26.0. The number of ketones is 1. The van der Waals surface area contributed by atoms with Crippen LogP contribution in [0.4, 0.5) is 0 Å². The van der Waals surface area contributed by atoms with Gasteiger partial charge in [0, 0.05) is 41.7 Å². The number of benzene rings is 2. The number of amides is 1. The van der Waals surface area contributed by atoms with Gasteiger partial charge in [-0.2, -0.15) is 0 Å². The predicted molar refractivity (Wildman–Crippen MR) is 119 cm³/mol. The lowest BCUT2D eigenvalue weighted by molar-refractivity contribution is -0.122. The van der Waals surface area contributed by atoms with E-state index in [1.807, 2.05) is 30.3 Å². The lowest BCUT2D eigenvalue weighted by atomic mass is 9.73. The molecule has 2 aliphatic rings. The van der Waals surface area contributed by atoms with Crippen molar-refractivity contribution in [2.24, 2.45) is 0 Å². The average molecular weight is 437 g/mol. The summed E-state index contributed by atoms with van der Waals surface area (Å²) in [6.45, 7) is 0. The highest BCUT2D eigenvalue weighted by Crippen LogP contribution is 2.46. The highest BCUT2D eigenvalue weighted by molar-refractivity contribution is 6.02. The molecule has 1 heterocycles. The second kappa shape index (κ2) is 8.94. The number of carbonyl (C=O) groups is 2. The zero-order chi connectivity index (χ0) is 22.8. The Morgan fingerprint density at radius 2 is 1.53 bits per heavy atom. The van der Waals surface area contributed by atoms with Crippen LogP contribution < -0.4 is 24.3 Å². The molecule has 7 heteroatoms. The minimum atomic E-state index is -0.349. The average Bonchev–Trinajstić information content (AvgIpc) is 2.82. The fraction of sp³-hybridized carbons (Fsp3) is 0.360. The van der Waals surface area contributed by atoms with Gasteiger partial charge in [-0.15, -0.1) is 0 Å². The van der Waals surface area contributed by atoms with Gasteiger partial charge in [0.1, 0.15) is 11.5 Å². The molecule has 0 fully saturated rings. The summed E-state index contributed by atoms with van der Waals surface area (Å²) >= 11 is 0. The van der Waals surface area contributed by atoms with Gasteiger partial charge in [0.25, 0.3) is 0 Å². The molecule has 168 valence electrons. The van der Waals surface area contributed by atoms with Crippen LogP contribution in [0, 0.1) is 0 Å². The maximum absolute atomic E-state index is 13.4. The molecule has 2 atom stereocenters. The highest BCUT2D eigenvalue weighted by atomic mass is 16.5. The van der Waals surface area contributed by atoms with Crippen LogP contribution in [0.1, 0.15) is 42.2 Å². The van der Waals surface area contributed by atoms with Crippen LogP contribution in [0.3, 0.4) is 0 Å². The molecule has 2 aromatic carbocycles. The number of carbonyl (C=O) groups excluding carboxylic acids is 2. The molecule has 32 heavy (non-hydrogen) atoms. The van der Waals surface area contributed by atoms with E-state index in [0.717, 1.165) is 11.1 Å². The molecule has 0 spiro atoms. The van der Waals surface area contributed by atoms with Crippen molar-refractivity contribution in [1.29, 1.82) is 0 Å². The summed E-state index contributed by atoms with van der Waals surface area (Å²) in [6, 6.07) is 11.2. The van der Waals surface area contributed by atoms with Crippen molar-refractivity contribution < 1.29 is 28.5 Å². The van der Waals surface area contributed by atoms with Crippen LogP contribution in [0.15, 0.2) is 47.7 Å². The zero-order valence-corrected chi connectivity index (χ0v) is 18.7. The Balaban J connectivity index is 1.71. The summed E-state index contributed by atoms with van der Waals surface area (Å²) in [7, 11) is 6.33. The summed E-state index contributed by atoms with van der Waals surface area (Å²) in [5.41, 5.74) is 3.15. The standard InChI is InChI=1S/C25H27NO6/c1-29-16-6-7-17(22(12-16)31-3)18-13-24(28)26-19-9-15(10-20(27)25(18)19)14-5-8-21(30-2)23(11-14)32-4/h5-8,11-12,15,18H,9-10,13H2,1-4H3,(H,26,28)/t15-,18+/m0/s1. The number of ether oxygens (including phenoxy) is 4. The van der Waals surface area contributed by atoms with Gasteiger partial charge < -0.3 is 24.3 Å². The Bertz CT molecular complexity index is 1090. The Morgan fingerprint density at radius 1 is 0.781 bits per heavy atom. The first-order chi connectivity index (χ1) is 15.5. The van der Waals surface area contributed by atoms with Crippen LogP contribution in [0.2, 0.25) is 0 Å². The molecular formula is C25H27NO6. The van der Waals surface area contributed by atoms with Crippen LogP contribution in [0.25, 0.3) is 0 Å². The second-order valence-corrected chi connectivity index (χ2v) is 7.95. The third-order valence-electron chi connectivity index (χ3n) is 6.23. The van der Waals surface area contributed by atoms with Gasteiger partial charge >= 0.3 is 0 Å². The summed E-state index contributed by atoms with van der Waals surface area (Å²) in [5.74, 6) is 2.04. The van der Waals surface area contributed by atoms with Gasteiger partial charge in [0.2, 0.25) is 5.91 Å². The molecule has 1 amide bonds. The fourth-order valence-electron chi connectivity index (χ4n) is 4.67. The smallest absolute Gasteiger partial charge is 0.225 e. The monoisotopic (exact) mass is 437 g/mol. The Labute approximate surface area is 187 Å². The SMILES string of the molecule is COc1ccc([C@H]2CC(=O)NC3=C2C(=O)C[C@@H](c2ccc(OC)c(OC)c2)C3)c(OC)c1. The number of hydrogen-bond donors (Lipinski definition) is 1. The largest absolute Gasteiger partial charge is 0.497 e. The molecule has 0 radical (unpaired) electrons. The Kier molecular flexibility index (Phi) is 6.08. The van der Waals surface area contributed by atoms with Crippen LogP contribution >= 0.6 is 0 Å². The van der Waals surface area contributed by atoms with Crippen molar-refractivity contribution in [1.82, 2.24) is 5.32 Å². The normalized spacial score (nSPS) is 20.4. The molecule has 0 bridgehead atoms. The number of nitrogens with one attached hydrogen (secondary N) is 1. The van der Waals surface area contributed by atoms with Crippen molar-refractivity contribution in [3.8, 4) is 23.0 Å². The third kappa shape index (κ3) is 3.90. The van der Waals surface area contributed by atoms with Gasteiger partial charge in [-0.1, -0.05) is 12.1 Å². The molecule has 1 aliphatic carbocycles. The number of allylic oxidation sites excluding steroid dienone is 2. The summed E-state index contributed by atoms with van der Waals surface area (Å²) in [5, 5.41) is 2.96. The molecule has 0 unspecified atom stereocenters. The van der Waals surface area contributed by atoms with Gasteiger partial charge in [0.15, 0.2) is 17.3 Å². The fourth-order valence-corrected chi connectivity index (χ4v) is 4.67. The topological polar surface area (TPSA) is 83.1 Å². The van der Waals surface area contributed by atoms with E-state index in [1.165, 1.54) is 0 Å². The van der Waals surface area contributed by atoms with Gasteiger partial charge in [-0.05, 0) is 36.1 Å². The molecule has 0 saturated carbocycles. The molecule has 0 aromatic heterocycles. The number of hydrogen-bond acceptors (Lipinski definition) is 6. The van der Waals surface area contributed by atoms with E-state index in [4.69, 9.17) is 18.9 Å². The minimum Gasteiger partial charge on any atom is -0.497 e. The zero-order valence-electron chi connectivity index (χ0n) is 18.7. The minimum absolute atomic E-state index is 0.0360. The van der Waals surface area contributed by atoms with Crippen LogP contribution in [0.5, 0.6) is 23.0 Å². The van der Waals surface area contributed by atoms with Crippen molar-refractivity contribution in [2.45, 2.75) is 31.1 Å². The number of rotatable bonds is 6. The van der Waals surface area contributed by atoms with E-state index in [9.17, 15) is 9.59 Å². The lowest BCUT2D eigenvalue weighted by Gasteiger charge is -2.35. The number of Topliss-reactive ketones (excluding diaryl/α,β-unsaturated/α-hetero) is 1. The molecule has 1 N–H and O–H groups in total.